The largest absolute Gasteiger partial charge is 0.404 e. The van der Waals surface area contributed by atoms with E-state index in [1.165, 1.54) is 16.8 Å². The molecule has 2 rings (SSSR count). The number of hydrogen-bond donors (Lipinski definition) is 0. The third-order valence-corrected chi connectivity index (χ3v) is 9.44. The van der Waals surface area contributed by atoms with Crippen molar-refractivity contribution < 1.29 is 4.43 Å². The number of allylic oxidation sites excluding steroid dienone is 1. The van der Waals surface area contributed by atoms with Gasteiger partial charge in [-0.3, -0.25) is 0 Å². The second-order valence-electron chi connectivity index (χ2n) is 7.23. The van der Waals surface area contributed by atoms with Crippen molar-refractivity contribution in [2.75, 3.05) is 6.61 Å². The maximum absolute atomic E-state index is 6.76. The first kappa shape index (κ1) is 18.7. The highest BCUT2D eigenvalue weighted by Crippen LogP contribution is 2.36. The van der Waals surface area contributed by atoms with Crippen LogP contribution < -0.4 is 10.4 Å². The lowest BCUT2D eigenvalue weighted by Gasteiger charge is -2.42. The van der Waals surface area contributed by atoms with Gasteiger partial charge in [-0.2, -0.15) is 0 Å². The summed E-state index contributed by atoms with van der Waals surface area (Å²) in [6.07, 6.45) is 6.71. The Balaban J connectivity index is 2.49. The molecule has 0 amide bonds. The fraction of sp³-hybridized carbons (Fsp3) is 0.364. The monoisotopic (exact) mass is 338 g/mol. The first-order valence-corrected chi connectivity index (χ1v) is 10.8. The summed E-state index contributed by atoms with van der Waals surface area (Å²) in [4.78, 5) is 0. The Morgan fingerprint density at radius 3 is 1.75 bits per heavy atom. The summed E-state index contributed by atoms with van der Waals surface area (Å²) >= 11 is 0. The third-order valence-electron chi connectivity index (χ3n) is 4.43. The second kappa shape index (κ2) is 8.45. The number of benzene rings is 2. The Morgan fingerprint density at radius 2 is 1.33 bits per heavy atom. The van der Waals surface area contributed by atoms with Gasteiger partial charge in [-0.15, -0.1) is 0 Å². The highest BCUT2D eigenvalue weighted by atomic mass is 28.4. The molecule has 0 heterocycles. The molecule has 2 aromatic carbocycles. The molecule has 0 aliphatic rings. The molecule has 0 aromatic heterocycles. The van der Waals surface area contributed by atoms with Crippen LogP contribution in [0.3, 0.4) is 0 Å². The van der Waals surface area contributed by atoms with E-state index in [4.69, 9.17) is 4.43 Å². The van der Waals surface area contributed by atoms with Crippen molar-refractivity contribution in [1.82, 2.24) is 0 Å². The van der Waals surface area contributed by atoms with Gasteiger partial charge in [-0.25, -0.2) is 0 Å². The van der Waals surface area contributed by atoms with Crippen LogP contribution in [-0.2, 0) is 4.43 Å². The molecule has 1 nitrogen and oxygen atoms in total. The maximum atomic E-state index is 6.76. The van der Waals surface area contributed by atoms with Crippen molar-refractivity contribution in [3.05, 3.63) is 72.8 Å². The fourth-order valence-electron chi connectivity index (χ4n) is 3.29. The number of hydrogen-bond acceptors (Lipinski definition) is 1. The molecule has 0 saturated heterocycles. The van der Waals surface area contributed by atoms with Crippen molar-refractivity contribution >= 4 is 18.7 Å². The predicted octanol–water partition coefficient (Wildman–Crippen LogP) is 4.92. The SMILES string of the molecule is CCC/C=C/CO[Si](c1ccccc1)(c1ccccc1)C(C)(C)C. The van der Waals surface area contributed by atoms with Gasteiger partial charge in [0, 0.05) is 0 Å². The minimum Gasteiger partial charge on any atom is -0.404 e. The van der Waals surface area contributed by atoms with Crippen LogP contribution in [0.25, 0.3) is 0 Å². The quantitative estimate of drug-likeness (QED) is 0.514. The van der Waals surface area contributed by atoms with Gasteiger partial charge >= 0.3 is 0 Å². The summed E-state index contributed by atoms with van der Waals surface area (Å²) < 4.78 is 6.76. The van der Waals surface area contributed by atoms with Crippen molar-refractivity contribution in [3.63, 3.8) is 0 Å². The fourth-order valence-corrected chi connectivity index (χ4v) is 7.79. The first-order chi connectivity index (χ1) is 11.5. The van der Waals surface area contributed by atoms with E-state index in [9.17, 15) is 0 Å². The zero-order chi connectivity index (χ0) is 17.5. The minimum atomic E-state index is -2.36. The van der Waals surface area contributed by atoms with E-state index in [2.05, 4.69) is 101 Å². The lowest BCUT2D eigenvalue weighted by Crippen LogP contribution is -2.66. The van der Waals surface area contributed by atoms with E-state index >= 15 is 0 Å². The molecule has 2 heteroatoms. The van der Waals surface area contributed by atoms with Gasteiger partial charge in [0.2, 0.25) is 0 Å². The van der Waals surface area contributed by atoms with Crippen LogP contribution in [-0.4, -0.2) is 14.9 Å². The molecule has 0 unspecified atom stereocenters. The predicted molar refractivity (Wildman–Crippen MR) is 108 cm³/mol. The molecule has 0 N–H and O–H groups in total. The number of rotatable bonds is 7. The van der Waals surface area contributed by atoms with Gasteiger partial charge in [0.1, 0.15) is 0 Å². The molecule has 0 spiro atoms. The van der Waals surface area contributed by atoms with E-state index in [1.54, 1.807) is 0 Å². The normalized spacial score (nSPS) is 12.7. The van der Waals surface area contributed by atoms with Crippen LogP contribution in [0.5, 0.6) is 0 Å². The summed E-state index contributed by atoms with van der Waals surface area (Å²) in [7, 11) is -2.36. The Labute approximate surface area is 148 Å². The highest BCUT2D eigenvalue weighted by molar-refractivity contribution is 6.99. The minimum absolute atomic E-state index is 0.0499. The Kier molecular flexibility index (Phi) is 6.58. The summed E-state index contributed by atoms with van der Waals surface area (Å²) in [5.74, 6) is 0. The van der Waals surface area contributed by atoms with Crippen LogP contribution in [0.2, 0.25) is 5.04 Å². The Hall–Kier alpha value is -1.64. The van der Waals surface area contributed by atoms with Gasteiger partial charge in [-0.1, -0.05) is 107 Å². The Morgan fingerprint density at radius 1 is 0.833 bits per heavy atom. The maximum Gasteiger partial charge on any atom is 0.261 e. The molecule has 0 saturated carbocycles. The lowest BCUT2D eigenvalue weighted by molar-refractivity contribution is 0.339. The molecule has 2 aromatic rings. The van der Waals surface area contributed by atoms with E-state index in [1.807, 2.05) is 0 Å². The van der Waals surface area contributed by atoms with E-state index in [0.29, 0.717) is 6.61 Å². The highest BCUT2D eigenvalue weighted by Gasteiger charge is 2.49. The van der Waals surface area contributed by atoms with Gasteiger partial charge in [0.25, 0.3) is 8.32 Å². The Bertz CT molecular complexity index is 587. The average Bonchev–Trinajstić information content (AvgIpc) is 2.59. The third kappa shape index (κ3) is 4.06. The van der Waals surface area contributed by atoms with Crippen molar-refractivity contribution in [2.24, 2.45) is 0 Å². The number of unbranched alkanes of at least 4 members (excludes halogenated alkanes) is 1. The average molecular weight is 339 g/mol. The van der Waals surface area contributed by atoms with Gasteiger partial charge < -0.3 is 4.43 Å². The summed E-state index contributed by atoms with van der Waals surface area (Å²) in [5, 5.41) is 2.73. The van der Waals surface area contributed by atoms with Crippen molar-refractivity contribution in [3.8, 4) is 0 Å². The zero-order valence-electron chi connectivity index (χ0n) is 15.5. The van der Waals surface area contributed by atoms with E-state index in [0.717, 1.165) is 6.42 Å². The van der Waals surface area contributed by atoms with Crippen molar-refractivity contribution in [2.45, 2.75) is 45.6 Å². The smallest absolute Gasteiger partial charge is 0.261 e. The summed E-state index contributed by atoms with van der Waals surface area (Å²) in [6.45, 7) is 9.82. The molecule has 0 aliphatic carbocycles. The zero-order valence-corrected chi connectivity index (χ0v) is 16.5. The molecule has 128 valence electrons. The van der Waals surface area contributed by atoms with E-state index in [-0.39, 0.29) is 5.04 Å². The van der Waals surface area contributed by atoms with Gasteiger partial charge in [-0.05, 0) is 21.8 Å². The standard InChI is InChI=1S/C22H30OSi/c1-5-6-7-14-19-23-24(22(2,3)4,20-15-10-8-11-16-20)21-17-12-9-13-18-21/h7-18H,5-6,19H2,1-4H3/b14-7+. The molecule has 0 atom stereocenters. The van der Waals surface area contributed by atoms with Crippen molar-refractivity contribution in [1.29, 1.82) is 0 Å². The molecular formula is C22H30OSi. The summed E-state index contributed by atoms with van der Waals surface area (Å²) in [5.41, 5.74) is 0. The topological polar surface area (TPSA) is 9.23 Å². The van der Waals surface area contributed by atoms with E-state index < -0.39 is 8.32 Å². The van der Waals surface area contributed by atoms with Crippen LogP contribution in [0.1, 0.15) is 40.5 Å². The van der Waals surface area contributed by atoms with Gasteiger partial charge in [0.15, 0.2) is 0 Å². The van der Waals surface area contributed by atoms with Crippen LogP contribution in [0.15, 0.2) is 72.8 Å². The molecular weight excluding hydrogens is 308 g/mol. The van der Waals surface area contributed by atoms with Crippen LogP contribution >= 0.6 is 0 Å². The van der Waals surface area contributed by atoms with Gasteiger partial charge in [0.05, 0.1) is 6.61 Å². The first-order valence-electron chi connectivity index (χ1n) is 8.92. The molecule has 0 radical (unpaired) electrons. The molecule has 0 aliphatic heterocycles. The summed E-state index contributed by atoms with van der Waals surface area (Å²) in [6, 6.07) is 21.6. The lowest BCUT2D eigenvalue weighted by atomic mass is 10.2. The molecule has 0 bridgehead atoms. The van der Waals surface area contributed by atoms with Crippen LogP contribution in [0.4, 0.5) is 0 Å². The second-order valence-corrected chi connectivity index (χ2v) is 11.5. The molecule has 0 fully saturated rings. The molecule has 24 heavy (non-hydrogen) atoms. The van der Waals surface area contributed by atoms with Crippen LogP contribution in [0, 0.1) is 0 Å².